The number of rotatable bonds is 9. The minimum absolute atomic E-state index is 0.174. The maximum absolute atomic E-state index is 13.5. The van der Waals surface area contributed by atoms with Crippen molar-refractivity contribution in [3.63, 3.8) is 0 Å². The Hall–Kier alpha value is -3.93. The zero-order chi connectivity index (χ0) is 26.3. The van der Waals surface area contributed by atoms with Crippen LogP contribution >= 0.6 is 0 Å². The van der Waals surface area contributed by atoms with Gasteiger partial charge in [0.15, 0.2) is 5.65 Å². The van der Waals surface area contributed by atoms with E-state index in [9.17, 15) is 13.2 Å². The van der Waals surface area contributed by atoms with Crippen LogP contribution in [0.1, 0.15) is 38.3 Å². The molecule has 3 aromatic heterocycles. The van der Waals surface area contributed by atoms with Crippen LogP contribution in [0.5, 0.6) is 0 Å². The Morgan fingerprint density at radius 2 is 1.84 bits per heavy atom. The number of nitrogens with one attached hydrogen (secondary N) is 3. The molecule has 11 nitrogen and oxygen atoms in total. The smallest absolute Gasteiger partial charge is 0.269 e. The molecule has 5 rings (SSSR count). The number of aromatic nitrogens is 5. The van der Waals surface area contributed by atoms with Crippen LogP contribution in [0, 0.1) is 12.8 Å². The zero-order valence-electron chi connectivity index (χ0n) is 21.1. The molecule has 1 fully saturated rings. The standard InChI is InChI=1S/C25H30N8O3S/c1-15-5-9-20(10-6-15)37(35,36)33-12-11-21-22(28-16(2)18-7-8-18)30-25(31-23(21)33)29-19-13-27-32(14-19)17(3)24(34)26-4/h5-6,9-14,16-18H,7-8H2,1-4H3,(H,26,34)(H2,28,29,30,31)/t16-,17?/m0/s1. The predicted molar refractivity (Wildman–Crippen MR) is 141 cm³/mol. The Morgan fingerprint density at radius 1 is 1.11 bits per heavy atom. The van der Waals surface area contributed by atoms with E-state index in [4.69, 9.17) is 0 Å². The van der Waals surface area contributed by atoms with Crippen molar-refractivity contribution in [2.24, 2.45) is 5.92 Å². The van der Waals surface area contributed by atoms with Gasteiger partial charge in [-0.25, -0.2) is 12.4 Å². The van der Waals surface area contributed by atoms with Gasteiger partial charge < -0.3 is 16.0 Å². The molecule has 12 heteroatoms. The van der Waals surface area contributed by atoms with E-state index in [0.29, 0.717) is 22.8 Å². The Labute approximate surface area is 215 Å². The van der Waals surface area contributed by atoms with Gasteiger partial charge in [-0.2, -0.15) is 15.1 Å². The highest BCUT2D eigenvalue weighted by molar-refractivity contribution is 7.90. The lowest BCUT2D eigenvalue weighted by atomic mass is 10.2. The number of anilines is 3. The van der Waals surface area contributed by atoms with Crippen molar-refractivity contribution in [3.05, 3.63) is 54.5 Å². The molecular formula is C25H30N8O3S. The van der Waals surface area contributed by atoms with Crippen molar-refractivity contribution in [2.45, 2.75) is 50.6 Å². The summed E-state index contributed by atoms with van der Waals surface area (Å²) >= 11 is 0. The van der Waals surface area contributed by atoms with E-state index in [1.807, 2.05) is 6.92 Å². The third-order valence-electron chi connectivity index (χ3n) is 6.66. The second kappa shape index (κ2) is 9.51. The molecule has 3 N–H and O–H groups in total. The minimum Gasteiger partial charge on any atom is -0.367 e. The molecule has 3 heterocycles. The van der Waals surface area contributed by atoms with Gasteiger partial charge in [-0.15, -0.1) is 0 Å². The van der Waals surface area contributed by atoms with E-state index >= 15 is 0 Å². The average molecular weight is 523 g/mol. The molecule has 0 radical (unpaired) electrons. The summed E-state index contributed by atoms with van der Waals surface area (Å²) in [7, 11) is -2.32. The number of likely N-dealkylation sites (N-methyl/N-ethyl adjacent to an activating group) is 1. The first-order valence-electron chi connectivity index (χ1n) is 12.2. The highest BCUT2D eigenvalue weighted by Gasteiger charge is 2.29. The van der Waals surface area contributed by atoms with Gasteiger partial charge in [0.05, 0.1) is 22.2 Å². The van der Waals surface area contributed by atoms with Crippen LogP contribution in [0.4, 0.5) is 17.5 Å². The van der Waals surface area contributed by atoms with Gasteiger partial charge in [0.2, 0.25) is 11.9 Å². The maximum atomic E-state index is 13.5. The Balaban J connectivity index is 1.55. The Kier molecular flexibility index (Phi) is 6.36. The van der Waals surface area contributed by atoms with E-state index in [0.717, 1.165) is 18.4 Å². The first-order chi connectivity index (χ1) is 17.7. The van der Waals surface area contributed by atoms with Crippen LogP contribution in [-0.2, 0) is 14.8 Å². The van der Waals surface area contributed by atoms with Crippen LogP contribution in [-0.4, -0.2) is 51.1 Å². The molecule has 0 bridgehead atoms. The Bertz CT molecular complexity index is 1550. The predicted octanol–water partition coefficient (Wildman–Crippen LogP) is 3.43. The number of amides is 1. The highest BCUT2D eigenvalue weighted by Crippen LogP contribution is 2.35. The van der Waals surface area contributed by atoms with E-state index in [1.165, 1.54) is 14.9 Å². The van der Waals surface area contributed by atoms with E-state index in [2.05, 4.69) is 37.9 Å². The topological polar surface area (TPSA) is 136 Å². The van der Waals surface area contributed by atoms with Gasteiger partial charge in [-0.05, 0) is 57.7 Å². The fraction of sp³-hybridized carbons (Fsp3) is 0.360. The Morgan fingerprint density at radius 3 is 2.51 bits per heavy atom. The lowest BCUT2D eigenvalue weighted by molar-refractivity contribution is -0.123. The van der Waals surface area contributed by atoms with Crippen LogP contribution in [0.25, 0.3) is 11.0 Å². The molecule has 0 aliphatic heterocycles. The van der Waals surface area contributed by atoms with E-state index in [-0.39, 0.29) is 28.4 Å². The lowest BCUT2D eigenvalue weighted by Crippen LogP contribution is -2.27. The van der Waals surface area contributed by atoms with Crippen molar-refractivity contribution in [1.82, 2.24) is 29.0 Å². The van der Waals surface area contributed by atoms with Crippen LogP contribution in [0.3, 0.4) is 0 Å². The van der Waals surface area contributed by atoms with Gasteiger partial charge in [0, 0.05) is 25.5 Å². The van der Waals surface area contributed by atoms with Crippen molar-refractivity contribution in [1.29, 1.82) is 0 Å². The molecule has 194 valence electrons. The summed E-state index contributed by atoms with van der Waals surface area (Å²) in [5.41, 5.74) is 1.79. The molecule has 1 saturated carbocycles. The first kappa shape index (κ1) is 24.8. The van der Waals surface area contributed by atoms with E-state index in [1.54, 1.807) is 56.7 Å². The number of hydrogen-bond acceptors (Lipinski definition) is 8. The molecule has 1 aliphatic carbocycles. The quantitative estimate of drug-likeness (QED) is 0.304. The molecule has 0 spiro atoms. The van der Waals surface area contributed by atoms with Gasteiger partial charge in [-0.1, -0.05) is 17.7 Å². The number of carbonyl (C=O) groups excluding carboxylic acids is 1. The molecule has 1 aromatic carbocycles. The summed E-state index contributed by atoms with van der Waals surface area (Å²) in [6.07, 6.45) is 7.05. The first-order valence-corrected chi connectivity index (χ1v) is 13.6. The van der Waals surface area contributed by atoms with Crippen molar-refractivity contribution in [3.8, 4) is 0 Å². The van der Waals surface area contributed by atoms with Gasteiger partial charge in [0.1, 0.15) is 11.9 Å². The number of hydrogen-bond donors (Lipinski definition) is 3. The fourth-order valence-corrected chi connectivity index (χ4v) is 5.47. The fourth-order valence-electron chi connectivity index (χ4n) is 4.18. The number of carbonyl (C=O) groups is 1. The minimum atomic E-state index is -3.89. The molecule has 1 aliphatic rings. The highest BCUT2D eigenvalue weighted by atomic mass is 32.2. The second-order valence-corrected chi connectivity index (χ2v) is 11.3. The molecule has 0 saturated heterocycles. The summed E-state index contributed by atoms with van der Waals surface area (Å²) in [5.74, 6) is 1.15. The molecule has 1 amide bonds. The summed E-state index contributed by atoms with van der Waals surface area (Å²) in [4.78, 5) is 21.4. The van der Waals surface area contributed by atoms with Crippen molar-refractivity contribution >= 4 is 44.4 Å². The van der Waals surface area contributed by atoms with Gasteiger partial charge >= 0.3 is 0 Å². The normalized spacial score (nSPS) is 15.4. The SMILES string of the molecule is CNC(=O)C(C)n1cc(Nc2nc(N[C@@H](C)C3CC3)c3ccn(S(=O)(=O)c4ccc(C)cc4)c3n2)cn1. The molecular weight excluding hydrogens is 492 g/mol. The third-order valence-corrected chi connectivity index (χ3v) is 8.34. The van der Waals surface area contributed by atoms with Gasteiger partial charge in [0.25, 0.3) is 10.0 Å². The number of fused-ring (bicyclic) bond motifs is 1. The zero-order valence-corrected chi connectivity index (χ0v) is 22.0. The summed E-state index contributed by atoms with van der Waals surface area (Å²) in [6, 6.07) is 8.11. The third kappa shape index (κ3) is 4.88. The maximum Gasteiger partial charge on any atom is 0.269 e. The van der Waals surface area contributed by atoms with Crippen molar-refractivity contribution < 1.29 is 13.2 Å². The largest absolute Gasteiger partial charge is 0.367 e. The van der Waals surface area contributed by atoms with Crippen molar-refractivity contribution in [2.75, 3.05) is 17.7 Å². The number of nitrogens with zero attached hydrogens (tertiary/aromatic N) is 5. The molecule has 1 unspecified atom stereocenters. The average Bonchev–Trinajstić information content (AvgIpc) is 3.48. The van der Waals surface area contributed by atoms with E-state index < -0.39 is 16.1 Å². The van der Waals surface area contributed by atoms with Crippen LogP contribution in [0.15, 0.2) is 53.8 Å². The summed E-state index contributed by atoms with van der Waals surface area (Å²) in [6.45, 7) is 5.74. The van der Waals surface area contributed by atoms with Crippen LogP contribution in [0.2, 0.25) is 0 Å². The second-order valence-electron chi connectivity index (χ2n) is 9.46. The number of benzene rings is 1. The van der Waals surface area contributed by atoms with Crippen LogP contribution < -0.4 is 16.0 Å². The summed E-state index contributed by atoms with van der Waals surface area (Å²) < 4.78 is 29.8. The number of aryl methyl sites for hydroxylation is 1. The molecule has 2 atom stereocenters. The monoisotopic (exact) mass is 522 g/mol. The summed E-state index contributed by atoms with van der Waals surface area (Å²) in [5, 5.41) is 14.0. The lowest BCUT2D eigenvalue weighted by Gasteiger charge is -2.16. The molecule has 4 aromatic rings. The van der Waals surface area contributed by atoms with Gasteiger partial charge in [-0.3, -0.25) is 9.48 Å². The molecule has 37 heavy (non-hydrogen) atoms.